The summed E-state index contributed by atoms with van der Waals surface area (Å²) in [6.45, 7) is 7.07. The minimum absolute atomic E-state index is 0.879. The van der Waals surface area contributed by atoms with Crippen LogP contribution in [0.4, 0.5) is 17.1 Å². The van der Waals surface area contributed by atoms with Crippen molar-refractivity contribution in [2.75, 3.05) is 4.90 Å². The third-order valence-electron chi connectivity index (χ3n) is 10.7. The fourth-order valence-electron chi connectivity index (χ4n) is 8.54. The predicted molar refractivity (Wildman–Crippen MR) is 228 cm³/mol. The second kappa shape index (κ2) is 12.8. The maximum absolute atomic E-state index is 4.97. The zero-order chi connectivity index (χ0) is 36.2. The molecule has 54 heavy (non-hydrogen) atoms. The minimum Gasteiger partial charge on any atom is -0.309 e. The highest BCUT2D eigenvalue weighted by Gasteiger charge is 2.34. The highest BCUT2D eigenvalue weighted by molar-refractivity contribution is 6.22. The number of fused-ring (bicyclic) bond motifs is 7. The van der Waals surface area contributed by atoms with Crippen LogP contribution in [0.2, 0.25) is 0 Å². The van der Waals surface area contributed by atoms with Gasteiger partial charge in [0.2, 0.25) is 0 Å². The first kappa shape index (κ1) is 31.6. The molecule has 0 bridgehead atoms. The third kappa shape index (κ3) is 4.83. The summed E-state index contributed by atoms with van der Waals surface area (Å²) < 4.78 is 0. The standard InChI is InChI=1S/C51H35N3/c1-3-17-40-43(54(37-23-11-6-12-24-37)44-32-36-22-15-30-52-50(36)51-41(44)27-16-31-53-51)29-28-42-45(40)33(2)46-47(34-18-7-4-8-19-34)38-25-13-14-26-39(38)48(49(42)46)35-20-9-5-10-21-35/h3-32H,2H2,1H3/b17-3-. The number of benzene rings is 7. The summed E-state index contributed by atoms with van der Waals surface area (Å²) in [6.07, 6.45) is 8.10. The fraction of sp³-hybridized carbons (Fsp3) is 0.0196. The van der Waals surface area contributed by atoms with Gasteiger partial charge in [0.1, 0.15) is 0 Å². The van der Waals surface area contributed by atoms with Gasteiger partial charge in [0.25, 0.3) is 0 Å². The number of aromatic nitrogens is 2. The van der Waals surface area contributed by atoms with Crippen molar-refractivity contribution in [3.05, 3.63) is 199 Å². The predicted octanol–water partition coefficient (Wildman–Crippen LogP) is 13.8. The average molecular weight is 690 g/mol. The molecule has 2 heterocycles. The van der Waals surface area contributed by atoms with Gasteiger partial charge in [-0.2, -0.15) is 0 Å². The molecule has 0 aliphatic heterocycles. The lowest BCUT2D eigenvalue weighted by atomic mass is 9.83. The van der Waals surface area contributed by atoms with Crippen LogP contribution in [0.5, 0.6) is 0 Å². The van der Waals surface area contributed by atoms with E-state index in [1.165, 1.54) is 49.7 Å². The molecule has 254 valence electrons. The molecule has 7 aromatic carbocycles. The Hall–Kier alpha value is -7.10. The van der Waals surface area contributed by atoms with E-state index in [2.05, 4.69) is 170 Å². The summed E-state index contributed by atoms with van der Waals surface area (Å²) in [6, 6.07) is 56.3. The maximum Gasteiger partial charge on any atom is 0.0985 e. The van der Waals surface area contributed by atoms with E-state index in [1.54, 1.807) is 0 Å². The molecule has 9 aromatic rings. The first-order valence-electron chi connectivity index (χ1n) is 18.4. The Kier molecular flexibility index (Phi) is 7.52. The fourth-order valence-corrected chi connectivity index (χ4v) is 8.54. The molecule has 0 N–H and O–H groups in total. The van der Waals surface area contributed by atoms with Crippen molar-refractivity contribution in [3.63, 3.8) is 0 Å². The third-order valence-corrected chi connectivity index (χ3v) is 10.7. The molecule has 3 heteroatoms. The first-order chi connectivity index (χ1) is 26.7. The topological polar surface area (TPSA) is 29.0 Å². The Labute approximate surface area is 314 Å². The van der Waals surface area contributed by atoms with Gasteiger partial charge in [-0.15, -0.1) is 0 Å². The number of anilines is 3. The molecule has 1 aliphatic carbocycles. The van der Waals surface area contributed by atoms with Gasteiger partial charge in [0.15, 0.2) is 0 Å². The Balaban J connectivity index is 1.32. The zero-order valence-electron chi connectivity index (χ0n) is 29.9. The monoisotopic (exact) mass is 689 g/mol. The van der Waals surface area contributed by atoms with Gasteiger partial charge in [-0.05, 0) is 110 Å². The van der Waals surface area contributed by atoms with Crippen molar-refractivity contribution in [1.29, 1.82) is 0 Å². The molecule has 10 rings (SSSR count). The molecule has 0 amide bonds. The number of rotatable bonds is 6. The Morgan fingerprint density at radius 2 is 1.07 bits per heavy atom. The van der Waals surface area contributed by atoms with Crippen LogP contribution in [-0.4, -0.2) is 9.97 Å². The molecule has 0 atom stereocenters. The summed E-state index contributed by atoms with van der Waals surface area (Å²) in [5.41, 5.74) is 16.7. The lowest BCUT2D eigenvalue weighted by molar-refractivity contribution is 1.28. The summed E-state index contributed by atoms with van der Waals surface area (Å²) in [4.78, 5) is 12.0. The van der Waals surface area contributed by atoms with Gasteiger partial charge in [0, 0.05) is 34.4 Å². The Morgan fingerprint density at radius 1 is 0.500 bits per heavy atom. The second-order valence-electron chi connectivity index (χ2n) is 13.7. The van der Waals surface area contributed by atoms with E-state index in [-0.39, 0.29) is 0 Å². The normalized spacial score (nSPS) is 12.1. The second-order valence-corrected chi connectivity index (χ2v) is 13.7. The largest absolute Gasteiger partial charge is 0.309 e. The number of nitrogens with zero attached hydrogens (tertiary/aromatic N) is 3. The molecule has 3 nitrogen and oxygen atoms in total. The molecule has 0 unspecified atom stereocenters. The smallest absolute Gasteiger partial charge is 0.0985 e. The molecule has 0 spiro atoms. The van der Waals surface area contributed by atoms with Crippen molar-refractivity contribution >= 4 is 61.3 Å². The number of hydrogen-bond donors (Lipinski definition) is 0. The number of para-hydroxylation sites is 1. The first-order valence-corrected chi connectivity index (χ1v) is 18.4. The molecule has 0 radical (unpaired) electrons. The average Bonchev–Trinajstić information content (AvgIpc) is 3.53. The van der Waals surface area contributed by atoms with Gasteiger partial charge < -0.3 is 4.90 Å². The Bertz CT molecular complexity index is 2950. The van der Waals surface area contributed by atoms with E-state index < -0.39 is 0 Å². The van der Waals surface area contributed by atoms with E-state index in [4.69, 9.17) is 16.5 Å². The molecule has 2 aromatic heterocycles. The van der Waals surface area contributed by atoms with Crippen LogP contribution >= 0.6 is 0 Å². The van der Waals surface area contributed by atoms with Crippen LogP contribution in [0.15, 0.2) is 183 Å². The molecule has 0 saturated carbocycles. The molecular weight excluding hydrogens is 655 g/mol. The molecule has 0 fully saturated rings. The summed E-state index contributed by atoms with van der Waals surface area (Å²) in [7, 11) is 0. The minimum atomic E-state index is 0.879. The van der Waals surface area contributed by atoms with E-state index in [0.717, 1.165) is 55.6 Å². The van der Waals surface area contributed by atoms with E-state index >= 15 is 0 Å². The summed E-state index contributed by atoms with van der Waals surface area (Å²) >= 11 is 0. The SMILES string of the molecule is C=C1c2c(ccc(N(c3ccccc3)c3cc4cccnc4c4ncccc34)c2/C=C\C)-c2c1c(-c1ccccc1)c1ccccc1c2-c1ccccc1. The van der Waals surface area contributed by atoms with Crippen LogP contribution < -0.4 is 4.90 Å². The summed E-state index contributed by atoms with van der Waals surface area (Å²) in [5, 5.41) is 4.52. The highest BCUT2D eigenvalue weighted by atomic mass is 15.1. The van der Waals surface area contributed by atoms with Crippen molar-refractivity contribution in [1.82, 2.24) is 9.97 Å². The number of allylic oxidation sites excluding steroid dienone is 1. The summed E-state index contributed by atoms with van der Waals surface area (Å²) in [5.74, 6) is 0. The Morgan fingerprint density at radius 3 is 1.74 bits per heavy atom. The lowest BCUT2D eigenvalue weighted by Crippen LogP contribution is -2.13. The van der Waals surface area contributed by atoms with Crippen molar-refractivity contribution in [2.24, 2.45) is 0 Å². The molecule has 1 aliphatic rings. The van der Waals surface area contributed by atoms with Crippen LogP contribution in [0.3, 0.4) is 0 Å². The van der Waals surface area contributed by atoms with E-state index in [1.807, 2.05) is 24.5 Å². The van der Waals surface area contributed by atoms with Crippen LogP contribution in [-0.2, 0) is 0 Å². The van der Waals surface area contributed by atoms with Gasteiger partial charge in [-0.1, -0.05) is 134 Å². The van der Waals surface area contributed by atoms with Gasteiger partial charge in [-0.25, -0.2) is 0 Å². The number of pyridine rings is 2. The van der Waals surface area contributed by atoms with Gasteiger partial charge in [0.05, 0.1) is 22.4 Å². The van der Waals surface area contributed by atoms with E-state index in [0.29, 0.717) is 0 Å². The maximum atomic E-state index is 4.97. The quantitative estimate of drug-likeness (QED) is 0.163. The van der Waals surface area contributed by atoms with Crippen molar-refractivity contribution in [3.8, 4) is 33.4 Å². The van der Waals surface area contributed by atoms with Crippen LogP contribution in [0, 0.1) is 0 Å². The zero-order valence-corrected chi connectivity index (χ0v) is 29.9. The lowest BCUT2D eigenvalue weighted by Gasteiger charge is -2.29. The molecular formula is C51H35N3. The number of hydrogen-bond acceptors (Lipinski definition) is 3. The van der Waals surface area contributed by atoms with Crippen molar-refractivity contribution in [2.45, 2.75) is 6.92 Å². The van der Waals surface area contributed by atoms with E-state index in [9.17, 15) is 0 Å². The van der Waals surface area contributed by atoms with Crippen molar-refractivity contribution < 1.29 is 0 Å². The van der Waals surface area contributed by atoms with Crippen LogP contribution in [0.25, 0.3) is 77.6 Å². The van der Waals surface area contributed by atoms with Gasteiger partial charge >= 0.3 is 0 Å². The van der Waals surface area contributed by atoms with Crippen LogP contribution in [0.1, 0.15) is 23.6 Å². The van der Waals surface area contributed by atoms with Gasteiger partial charge in [-0.3, -0.25) is 9.97 Å². The highest BCUT2D eigenvalue weighted by Crippen LogP contribution is 2.58. The molecule has 0 saturated heterocycles.